The Morgan fingerprint density at radius 1 is 1.05 bits per heavy atom. The third-order valence-corrected chi connectivity index (χ3v) is 5.37. The molecule has 3 nitrogen and oxygen atoms in total. The number of fused-ring (bicyclic) bond motifs is 1. The molecule has 22 heavy (non-hydrogen) atoms. The highest BCUT2D eigenvalue weighted by Crippen LogP contribution is 2.40. The first-order chi connectivity index (χ1) is 10.7. The molecule has 1 aliphatic heterocycles. The minimum absolute atomic E-state index is 0.769. The molecule has 3 unspecified atom stereocenters. The van der Waals surface area contributed by atoms with Gasteiger partial charge in [0.25, 0.3) is 0 Å². The fraction of sp³-hybridized carbons (Fsp3) is 0.684. The lowest BCUT2D eigenvalue weighted by atomic mass is 9.75. The second kappa shape index (κ2) is 8.42. The topological polar surface area (TPSA) is 21.7 Å². The van der Waals surface area contributed by atoms with Gasteiger partial charge >= 0.3 is 0 Å². The van der Waals surface area contributed by atoms with Crippen LogP contribution in [0.25, 0.3) is 0 Å². The number of ether oxygens (including phenoxy) is 2. The van der Waals surface area contributed by atoms with Crippen LogP contribution in [0.4, 0.5) is 0 Å². The number of nitrogens with zero attached hydrogens (tertiary/aromatic N) is 1. The summed E-state index contributed by atoms with van der Waals surface area (Å²) in [4.78, 5) is 2.59. The normalized spacial score (nSPS) is 27.5. The molecule has 2 fully saturated rings. The van der Waals surface area contributed by atoms with Crippen LogP contribution in [0, 0.1) is 11.8 Å². The van der Waals surface area contributed by atoms with E-state index in [0.717, 1.165) is 29.4 Å². The van der Waals surface area contributed by atoms with E-state index in [1.165, 1.54) is 38.6 Å². The molecular formula is C19H31NO2. The average Bonchev–Trinajstić information content (AvgIpc) is 2.96. The van der Waals surface area contributed by atoms with Gasteiger partial charge in [-0.3, -0.25) is 0 Å². The van der Waals surface area contributed by atoms with Gasteiger partial charge in [-0.1, -0.05) is 38.3 Å². The Hall–Kier alpha value is -1.22. The maximum atomic E-state index is 5.01. The summed E-state index contributed by atoms with van der Waals surface area (Å²) in [7, 11) is 5.55. The molecule has 2 aliphatic rings. The van der Waals surface area contributed by atoms with Crippen molar-refractivity contribution in [2.45, 2.75) is 45.1 Å². The highest BCUT2D eigenvalue weighted by Gasteiger charge is 2.38. The van der Waals surface area contributed by atoms with Gasteiger partial charge in [-0.2, -0.15) is 0 Å². The van der Waals surface area contributed by atoms with E-state index < -0.39 is 0 Å². The Labute approximate surface area is 135 Å². The molecule has 0 bridgehead atoms. The van der Waals surface area contributed by atoms with E-state index in [1.54, 1.807) is 14.2 Å². The molecule has 124 valence electrons. The predicted octanol–water partition coefficient (Wildman–Crippen LogP) is 4.22. The number of hydrogen-bond donors (Lipinski definition) is 0. The SMILES string of the molecule is CCC1CCCC2C1CCN2C.COc1ccccc1OC. The van der Waals surface area contributed by atoms with Gasteiger partial charge in [0.2, 0.25) is 0 Å². The van der Waals surface area contributed by atoms with E-state index in [1.807, 2.05) is 24.3 Å². The Balaban J connectivity index is 0.000000164. The van der Waals surface area contributed by atoms with Crippen molar-refractivity contribution in [3.05, 3.63) is 24.3 Å². The van der Waals surface area contributed by atoms with Gasteiger partial charge in [0, 0.05) is 6.04 Å². The Bertz CT molecular complexity index is 426. The second-order valence-corrected chi connectivity index (χ2v) is 6.45. The molecule has 1 saturated carbocycles. The quantitative estimate of drug-likeness (QED) is 0.834. The Morgan fingerprint density at radius 2 is 1.68 bits per heavy atom. The van der Waals surface area contributed by atoms with Crippen molar-refractivity contribution in [2.24, 2.45) is 11.8 Å². The number of likely N-dealkylation sites (tertiary alicyclic amines) is 1. The van der Waals surface area contributed by atoms with Crippen molar-refractivity contribution in [1.29, 1.82) is 0 Å². The molecule has 0 spiro atoms. The first-order valence-electron chi connectivity index (χ1n) is 8.58. The minimum Gasteiger partial charge on any atom is -0.493 e. The molecule has 0 aromatic heterocycles. The lowest BCUT2D eigenvalue weighted by molar-refractivity contribution is 0.154. The molecule has 3 rings (SSSR count). The zero-order chi connectivity index (χ0) is 15.9. The fourth-order valence-electron chi connectivity index (χ4n) is 4.12. The zero-order valence-electron chi connectivity index (χ0n) is 14.5. The van der Waals surface area contributed by atoms with Crippen LogP contribution >= 0.6 is 0 Å². The van der Waals surface area contributed by atoms with Gasteiger partial charge in [0.05, 0.1) is 14.2 Å². The number of hydrogen-bond acceptors (Lipinski definition) is 3. The third kappa shape index (κ3) is 3.95. The molecule has 1 aromatic carbocycles. The minimum atomic E-state index is 0.769. The first-order valence-corrected chi connectivity index (χ1v) is 8.58. The average molecular weight is 305 g/mol. The number of para-hydroxylation sites is 2. The van der Waals surface area contributed by atoms with Crippen molar-refractivity contribution in [1.82, 2.24) is 4.90 Å². The van der Waals surface area contributed by atoms with Gasteiger partial charge < -0.3 is 14.4 Å². The van der Waals surface area contributed by atoms with E-state index in [2.05, 4.69) is 18.9 Å². The molecule has 0 amide bonds. The molecule has 0 N–H and O–H groups in total. The summed E-state index contributed by atoms with van der Waals surface area (Å²) >= 11 is 0. The maximum absolute atomic E-state index is 5.01. The lowest BCUT2D eigenvalue weighted by Gasteiger charge is -2.35. The van der Waals surface area contributed by atoms with Crippen LogP contribution in [0.3, 0.4) is 0 Å². The monoisotopic (exact) mass is 305 g/mol. The van der Waals surface area contributed by atoms with Crippen LogP contribution in [-0.4, -0.2) is 38.8 Å². The summed E-state index contributed by atoms with van der Waals surface area (Å²) in [6, 6.07) is 8.48. The largest absolute Gasteiger partial charge is 0.493 e. The van der Waals surface area contributed by atoms with E-state index in [4.69, 9.17) is 9.47 Å². The van der Waals surface area contributed by atoms with Crippen molar-refractivity contribution in [3.8, 4) is 11.5 Å². The van der Waals surface area contributed by atoms with Crippen molar-refractivity contribution < 1.29 is 9.47 Å². The summed E-state index contributed by atoms with van der Waals surface area (Å²) in [5.74, 6) is 3.64. The summed E-state index contributed by atoms with van der Waals surface area (Å²) in [6.07, 6.45) is 7.34. The highest BCUT2D eigenvalue weighted by molar-refractivity contribution is 5.39. The number of benzene rings is 1. The molecular weight excluding hydrogens is 274 g/mol. The standard InChI is InChI=1S/C11H21N.C8H10O2/c1-3-9-5-4-6-11-10(9)7-8-12(11)2;1-9-7-5-3-4-6-8(7)10-2/h9-11H,3-8H2,1-2H3;3-6H,1-2H3. The van der Waals surface area contributed by atoms with Crippen LogP contribution in [0.5, 0.6) is 11.5 Å². The van der Waals surface area contributed by atoms with Crippen molar-refractivity contribution in [3.63, 3.8) is 0 Å². The summed E-state index contributed by atoms with van der Waals surface area (Å²) in [5.41, 5.74) is 0. The van der Waals surface area contributed by atoms with E-state index in [0.29, 0.717) is 0 Å². The number of rotatable bonds is 3. The fourth-order valence-corrected chi connectivity index (χ4v) is 4.12. The van der Waals surface area contributed by atoms with Crippen LogP contribution in [-0.2, 0) is 0 Å². The maximum Gasteiger partial charge on any atom is 0.160 e. The van der Waals surface area contributed by atoms with Crippen molar-refractivity contribution in [2.75, 3.05) is 27.8 Å². The van der Waals surface area contributed by atoms with Gasteiger partial charge in [-0.15, -0.1) is 0 Å². The first kappa shape index (κ1) is 17.1. The molecule has 1 aliphatic carbocycles. The third-order valence-electron chi connectivity index (χ3n) is 5.37. The zero-order valence-corrected chi connectivity index (χ0v) is 14.5. The Kier molecular flexibility index (Phi) is 6.56. The summed E-state index contributed by atoms with van der Waals surface area (Å²) < 4.78 is 10.0. The van der Waals surface area contributed by atoms with E-state index in [-0.39, 0.29) is 0 Å². The molecule has 0 radical (unpaired) electrons. The molecule has 1 heterocycles. The smallest absolute Gasteiger partial charge is 0.160 e. The van der Waals surface area contributed by atoms with E-state index >= 15 is 0 Å². The highest BCUT2D eigenvalue weighted by atomic mass is 16.5. The second-order valence-electron chi connectivity index (χ2n) is 6.45. The molecule has 1 aromatic rings. The van der Waals surface area contributed by atoms with Gasteiger partial charge in [0.1, 0.15) is 0 Å². The van der Waals surface area contributed by atoms with E-state index in [9.17, 15) is 0 Å². The Morgan fingerprint density at radius 3 is 2.23 bits per heavy atom. The van der Waals surface area contributed by atoms with Gasteiger partial charge in [0.15, 0.2) is 11.5 Å². The molecule has 3 atom stereocenters. The van der Waals surface area contributed by atoms with Crippen LogP contribution < -0.4 is 9.47 Å². The van der Waals surface area contributed by atoms with Crippen LogP contribution in [0.2, 0.25) is 0 Å². The predicted molar refractivity (Wildman–Crippen MR) is 91.7 cm³/mol. The van der Waals surface area contributed by atoms with Crippen LogP contribution in [0.15, 0.2) is 24.3 Å². The lowest BCUT2D eigenvalue weighted by Crippen LogP contribution is -2.35. The van der Waals surface area contributed by atoms with Gasteiger partial charge in [-0.25, -0.2) is 0 Å². The number of methoxy groups -OCH3 is 2. The summed E-state index contributed by atoms with van der Waals surface area (Å²) in [6.45, 7) is 3.72. The van der Waals surface area contributed by atoms with Gasteiger partial charge in [-0.05, 0) is 50.4 Å². The molecule has 1 saturated heterocycles. The molecule has 3 heteroatoms. The summed E-state index contributed by atoms with van der Waals surface area (Å²) in [5, 5.41) is 0. The van der Waals surface area contributed by atoms with Crippen molar-refractivity contribution >= 4 is 0 Å². The van der Waals surface area contributed by atoms with Crippen LogP contribution in [0.1, 0.15) is 39.0 Å².